The fourth-order valence-corrected chi connectivity index (χ4v) is 2.47. The van der Waals surface area contributed by atoms with Crippen LogP contribution in [0.2, 0.25) is 5.02 Å². The Labute approximate surface area is 136 Å². The van der Waals surface area contributed by atoms with Crippen LogP contribution in [0.4, 0.5) is 0 Å². The summed E-state index contributed by atoms with van der Waals surface area (Å²) in [6.45, 7) is 5.10. The number of aromatic nitrogens is 3. The predicted octanol–water partition coefficient (Wildman–Crippen LogP) is 1.97. The van der Waals surface area contributed by atoms with E-state index < -0.39 is 0 Å². The van der Waals surface area contributed by atoms with Crippen LogP contribution < -0.4 is 5.32 Å². The summed E-state index contributed by atoms with van der Waals surface area (Å²) >= 11 is 6.04. The highest BCUT2D eigenvalue weighted by molar-refractivity contribution is 6.30. The molecule has 0 saturated heterocycles. The van der Waals surface area contributed by atoms with Crippen molar-refractivity contribution in [2.24, 2.45) is 12.0 Å². The second kappa shape index (κ2) is 7.89. The van der Waals surface area contributed by atoms with E-state index in [2.05, 4.69) is 27.2 Å². The van der Waals surface area contributed by atoms with Crippen LogP contribution in [0.1, 0.15) is 12.6 Å². The molecule has 0 spiro atoms. The number of hydrogen-bond donors (Lipinski definition) is 1. The van der Waals surface area contributed by atoms with Crippen molar-refractivity contribution in [2.45, 2.75) is 20.0 Å². The molecule has 0 aromatic carbocycles. The van der Waals surface area contributed by atoms with E-state index in [9.17, 15) is 0 Å². The minimum atomic E-state index is 0.683. The summed E-state index contributed by atoms with van der Waals surface area (Å²) in [5.41, 5.74) is 1.14. The number of aliphatic imine (C=N–C) groups is 1. The van der Waals surface area contributed by atoms with Gasteiger partial charge in [0.25, 0.3) is 0 Å². The fourth-order valence-electron chi connectivity index (χ4n) is 2.20. The first-order valence-corrected chi connectivity index (χ1v) is 7.75. The number of nitrogens with zero attached hydrogens (tertiary/aromatic N) is 5. The Hall–Kier alpha value is -1.95. The first-order valence-electron chi connectivity index (χ1n) is 7.37. The summed E-state index contributed by atoms with van der Waals surface area (Å²) in [5, 5.41) is 8.25. The van der Waals surface area contributed by atoms with Gasteiger partial charge in [0.2, 0.25) is 0 Å². The molecule has 0 unspecified atom stereocenters. The largest absolute Gasteiger partial charge is 0.357 e. The Balaban J connectivity index is 1.97. The van der Waals surface area contributed by atoms with Crippen LogP contribution in [-0.4, -0.2) is 45.3 Å². The third-order valence-electron chi connectivity index (χ3n) is 3.32. The van der Waals surface area contributed by atoms with Gasteiger partial charge in [0, 0.05) is 44.9 Å². The van der Waals surface area contributed by atoms with E-state index in [1.165, 1.54) is 0 Å². The van der Waals surface area contributed by atoms with Crippen LogP contribution in [-0.2, 0) is 20.1 Å². The molecule has 0 amide bonds. The molecule has 0 atom stereocenters. The van der Waals surface area contributed by atoms with Gasteiger partial charge in [-0.25, -0.2) is 0 Å². The van der Waals surface area contributed by atoms with E-state index in [-0.39, 0.29) is 0 Å². The molecule has 0 aliphatic rings. The molecule has 7 heteroatoms. The lowest BCUT2D eigenvalue weighted by molar-refractivity contribution is 0.460. The van der Waals surface area contributed by atoms with E-state index in [0.29, 0.717) is 6.54 Å². The molecule has 6 nitrogen and oxygen atoms in total. The topological polar surface area (TPSA) is 50.4 Å². The van der Waals surface area contributed by atoms with Gasteiger partial charge >= 0.3 is 0 Å². The maximum absolute atomic E-state index is 6.04. The standard InChI is InChI=1S/C15H23ClN6/c1-4-17-15(18-7-9-22-8-5-6-19-22)21(3)12-14-10-13(16)11-20(14)2/h5-6,8,10-11H,4,7,9,12H2,1-3H3,(H,17,18). The Morgan fingerprint density at radius 3 is 2.91 bits per heavy atom. The third-order valence-corrected chi connectivity index (χ3v) is 3.53. The average Bonchev–Trinajstić information content (AvgIpc) is 3.08. The summed E-state index contributed by atoms with van der Waals surface area (Å²) in [7, 11) is 4.02. The molecule has 2 aromatic rings. The van der Waals surface area contributed by atoms with Crippen molar-refractivity contribution in [1.29, 1.82) is 0 Å². The van der Waals surface area contributed by atoms with Gasteiger partial charge in [-0.2, -0.15) is 5.10 Å². The van der Waals surface area contributed by atoms with Crippen molar-refractivity contribution >= 4 is 17.6 Å². The average molecular weight is 323 g/mol. The van der Waals surface area contributed by atoms with Gasteiger partial charge in [0.1, 0.15) is 0 Å². The first kappa shape index (κ1) is 16.4. The highest BCUT2D eigenvalue weighted by Gasteiger charge is 2.09. The maximum Gasteiger partial charge on any atom is 0.194 e. The molecule has 0 aliphatic heterocycles. The predicted molar refractivity (Wildman–Crippen MR) is 90.1 cm³/mol. The Morgan fingerprint density at radius 2 is 2.32 bits per heavy atom. The van der Waals surface area contributed by atoms with Crippen molar-refractivity contribution in [2.75, 3.05) is 20.1 Å². The molecule has 2 aromatic heterocycles. The fraction of sp³-hybridized carbons (Fsp3) is 0.467. The van der Waals surface area contributed by atoms with Crippen LogP contribution in [0.25, 0.3) is 0 Å². The van der Waals surface area contributed by atoms with Crippen LogP contribution in [0.3, 0.4) is 0 Å². The Kier molecular flexibility index (Phi) is 5.89. The highest BCUT2D eigenvalue weighted by atomic mass is 35.5. The highest BCUT2D eigenvalue weighted by Crippen LogP contribution is 2.14. The van der Waals surface area contributed by atoms with Crippen molar-refractivity contribution < 1.29 is 0 Å². The lowest BCUT2D eigenvalue weighted by Gasteiger charge is -2.22. The number of rotatable bonds is 6. The monoisotopic (exact) mass is 322 g/mol. The Bertz CT molecular complexity index is 602. The SMILES string of the molecule is CCNC(=NCCn1cccn1)N(C)Cc1cc(Cl)cn1C. The van der Waals surface area contributed by atoms with E-state index in [4.69, 9.17) is 11.6 Å². The lowest BCUT2D eigenvalue weighted by Crippen LogP contribution is -2.39. The lowest BCUT2D eigenvalue weighted by atomic mass is 10.4. The molecule has 0 saturated carbocycles. The molecular formula is C15H23ClN6. The Morgan fingerprint density at radius 1 is 1.50 bits per heavy atom. The molecule has 22 heavy (non-hydrogen) atoms. The molecule has 0 radical (unpaired) electrons. The zero-order valence-corrected chi connectivity index (χ0v) is 14.1. The summed E-state index contributed by atoms with van der Waals surface area (Å²) in [4.78, 5) is 6.74. The molecule has 0 fully saturated rings. The molecule has 120 valence electrons. The van der Waals surface area contributed by atoms with Gasteiger partial charge in [0.15, 0.2) is 5.96 Å². The van der Waals surface area contributed by atoms with E-state index >= 15 is 0 Å². The van der Waals surface area contributed by atoms with Crippen molar-refractivity contribution in [3.8, 4) is 0 Å². The van der Waals surface area contributed by atoms with E-state index in [1.807, 2.05) is 47.9 Å². The second-order valence-corrected chi connectivity index (χ2v) is 5.56. The summed E-state index contributed by atoms with van der Waals surface area (Å²) in [6.07, 6.45) is 5.63. The molecule has 2 rings (SSSR count). The van der Waals surface area contributed by atoms with E-state index in [0.717, 1.165) is 36.3 Å². The van der Waals surface area contributed by atoms with Crippen molar-refractivity contribution in [3.63, 3.8) is 0 Å². The maximum atomic E-state index is 6.04. The van der Waals surface area contributed by atoms with Gasteiger partial charge in [-0.3, -0.25) is 9.67 Å². The number of guanidine groups is 1. The van der Waals surface area contributed by atoms with Gasteiger partial charge in [-0.1, -0.05) is 11.6 Å². The van der Waals surface area contributed by atoms with Gasteiger partial charge in [-0.15, -0.1) is 0 Å². The quantitative estimate of drug-likeness (QED) is 0.653. The molecule has 1 N–H and O–H groups in total. The van der Waals surface area contributed by atoms with Crippen molar-refractivity contribution in [1.82, 2.24) is 24.6 Å². The second-order valence-electron chi connectivity index (χ2n) is 5.12. The zero-order chi connectivity index (χ0) is 15.9. The summed E-state index contributed by atoms with van der Waals surface area (Å²) in [6, 6.07) is 3.89. The molecule has 2 heterocycles. The van der Waals surface area contributed by atoms with Crippen LogP contribution in [0, 0.1) is 0 Å². The van der Waals surface area contributed by atoms with Crippen LogP contribution in [0.15, 0.2) is 35.7 Å². The van der Waals surface area contributed by atoms with Gasteiger partial charge in [0.05, 0.1) is 24.7 Å². The minimum Gasteiger partial charge on any atom is -0.357 e. The number of halogens is 1. The van der Waals surface area contributed by atoms with Gasteiger partial charge in [-0.05, 0) is 19.1 Å². The molecule has 0 bridgehead atoms. The minimum absolute atomic E-state index is 0.683. The third kappa shape index (κ3) is 4.53. The number of aryl methyl sites for hydroxylation is 1. The summed E-state index contributed by atoms with van der Waals surface area (Å²) in [5.74, 6) is 0.881. The zero-order valence-electron chi connectivity index (χ0n) is 13.3. The summed E-state index contributed by atoms with van der Waals surface area (Å²) < 4.78 is 3.91. The number of nitrogens with one attached hydrogen (secondary N) is 1. The van der Waals surface area contributed by atoms with E-state index in [1.54, 1.807) is 6.20 Å². The van der Waals surface area contributed by atoms with Crippen molar-refractivity contribution in [3.05, 3.63) is 41.4 Å². The smallest absolute Gasteiger partial charge is 0.194 e. The number of hydrogen-bond acceptors (Lipinski definition) is 2. The van der Waals surface area contributed by atoms with Gasteiger partial charge < -0.3 is 14.8 Å². The first-order chi connectivity index (χ1) is 10.6. The molecule has 0 aliphatic carbocycles. The van der Waals surface area contributed by atoms with Crippen LogP contribution in [0.5, 0.6) is 0 Å². The normalized spacial score (nSPS) is 11.7. The van der Waals surface area contributed by atoms with Crippen LogP contribution >= 0.6 is 11.6 Å². The molecular weight excluding hydrogens is 300 g/mol.